The lowest BCUT2D eigenvalue weighted by atomic mass is 9.91. The molecule has 1 aliphatic carbocycles. The molecule has 2 aromatic carbocycles. The summed E-state index contributed by atoms with van der Waals surface area (Å²) in [4.78, 5) is 26.5. The molecule has 0 atom stereocenters. The lowest BCUT2D eigenvalue weighted by molar-refractivity contribution is 0.0952. The van der Waals surface area contributed by atoms with E-state index in [0.29, 0.717) is 25.1 Å². The summed E-state index contributed by atoms with van der Waals surface area (Å²) in [5, 5.41) is 15.2. The number of aryl methyl sites for hydroxylation is 2. The second kappa shape index (κ2) is 8.49. The summed E-state index contributed by atoms with van der Waals surface area (Å²) in [6.45, 7) is 0.932. The van der Waals surface area contributed by atoms with Crippen LogP contribution in [0, 0.1) is 0 Å². The Bertz CT molecular complexity index is 1060. The highest BCUT2D eigenvalue weighted by Crippen LogP contribution is 2.39. The zero-order valence-corrected chi connectivity index (χ0v) is 16.7. The third kappa shape index (κ3) is 4.32. The zero-order valence-electron chi connectivity index (χ0n) is 15.9. The van der Waals surface area contributed by atoms with Gasteiger partial charge in [-0.1, -0.05) is 30.3 Å². The highest BCUT2D eigenvalue weighted by Gasteiger charge is 2.21. The molecule has 0 bridgehead atoms. The fraction of sp³-hybridized carbons (Fsp3) is 0.217. The van der Waals surface area contributed by atoms with E-state index in [1.165, 1.54) is 33.7 Å². The van der Waals surface area contributed by atoms with Crippen LogP contribution in [-0.4, -0.2) is 30.0 Å². The summed E-state index contributed by atoms with van der Waals surface area (Å²) in [5.74, 6) is -0.246. The van der Waals surface area contributed by atoms with E-state index in [1.54, 1.807) is 23.5 Å². The number of phenols is 1. The van der Waals surface area contributed by atoms with Gasteiger partial charge in [0.05, 0.1) is 4.88 Å². The molecular formula is C23H22N2O3S. The molecule has 0 fully saturated rings. The lowest BCUT2D eigenvalue weighted by Gasteiger charge is -2.15. The van der Waals surface area contributed by atoms with Gasteiger partial charge in [0, 0.05) is 23.5 Å². The van der Waals surface area contributed by atoms with E-state index < -0.39 is 0 Å². The summed E-state index contributed by atoms with van der Waals surface area (Å²) in [6.07, 6.45) is 2.61. The number of carbonyl (C=O) groups excluding carboxylic acids is 2. The molecule has 1 aliphatic rings. The fourth-order valence-electron chi connectivity index (χ4n) is 3.51. The van der Waals surface area contributed by atoms with Gasteiger partial charge in [0.15, 0.2) is 0 Å². The van der Waals surface area contributed by atoms with Crippen LogP contribution in [0.2, 0.25) is 0 Å². The van der Waals surface area contributed by atoms with Crippen LogP contribution in [0.15, 0.2) is 54.6 Å². The fourth-order valence-corrected chi connectivity index (χ4v) is 4.70. The molecule has 0 saturated heterocycles. The minimum atomic E-state index is -0.239. The second-order valence-electron chi connectivity index (χ2n) is 7.04. The van der Waals surface area contributed by atoms with Gasteiger partial charge in [-0.05, 0) is 60.2 Å². The Hall–Kier alpha value is -3.12. The van der Waals surface area contributed by atoms with E-state index in [9.17, 15) is 14.7 Å². The predicted octanol–water partition coefficient (Wildman–Crippen LogP) is 3.77. The van der Waals surface area contributed by atoms with E-state index in [-0.39, 0.29) is 17.6 Å². The molecule has 0 aliphatic heterocycles. The van der Waals surface area contributed by atoms with Crippen LogP contribution in [0.25, 0.3) is 10.4 Å². The first-order valence-electron chi connectivity index (χ1n) is 9.68. The molecule has 0 spiro atoms. The number of amides is 2. The summed E-state index contributed by atoms with van der Waals surface area (Å²) in [7, 11) is 0. The van der Waals surface area contributed by atoms with Crippen LogP contribution < -0.4 is 10.6 Å². The van der Waals surface area contributed by atoms with Crippen molar-refractivity contribution in [3.63, 3.8) is 0 Å². The van der Waals surface area contributed by atoms with Gasteiger partial charge in [-0.15, -0.1) is 11.3 Å². The van der Waals surface area contributed by atoms with Crippen LogP contribution in [0.5, 0.6) is 5.75 Å². The first-order valence-corrected chi connectivity index (χ1v) is 10.5. The van der Waals surface area contributed by atoms with Crippen molar-refractivity contribution in [2.45, 2.75) is 19.3 Å². The quantitative estimate of drug-likeness (QED) is 0.545. The minimum Gasteiger partial charge on any atom is -0.508 e. The third-order valence-corrected chi connectivity index (χ3v) is 6.20. The average molecular weight is 407 g/mol. The monoisotopic (exact) mass is 406 g/mol. The van der Waals surface area contributed by atoms with Gasteiger partial charge in [0.1, 0.15) is 5.75 Å². The molecule has 5 nitrogen and oxygen atoms in total. The van der Waals surface area contributed by atoms with Crippen molar-refractivity contribution >= 4 is 23.2 Å². The molecule has 3 aromatic rings. The van der Waals surface area contributed by atoms with Crippen molar-refractivity contribution in [2.24, 2.45) is 0 Å². The van der Waals surface area contributed by atoms with E-state index in [1.807, 2.05) is 12.1 Å². The van der Waals surface area contributed by atoms with E-state index >= 15 is 0 Å². The third-order valence-electron chi connectivity index (χ3n) is 4.99. The Kier molecular flexibility index (Phi) is 5.62. The number of carbonyl (C=O) groups is 2. The molecule has 4 rings (SSSR count). The number of hydrogen-bond acceptors (Lipinski definition) is 4. The first-order chi connectivity index (χ1) is 14.1. The number of phenolic OH excluding ortho intramolecular Hbond substituents is 1. The second-order valence-corrected chi connectivity index (χ2v) is 8.09. The average Bonchev–Trinajstić information content (AvgIpc) is 3.18. The smallest absolute Gasteiger partial charge is 0.261 e. The molecule has 0 radical (unpaired) electrons. The van der Waals surface area contributed by atoms with Crippen molar-refractivity contribution in [2.75, 3.05) is 13.1 Å². The zero-order chi connectivity index (χ0) is 20.2. The van der Waals surface area contributed by atoms with Gasteiger partial charge in [0.25, 0.3) is 11.8 Å². The van der Waals surface area contributed by atoms with E-state index in [0.717, 1.165) is 17.7 Å². The van der Waals surface area contributed by atoms with E-state index in [4.69, 9.17) is 0 Å². The van der Waals surface area contributed by atoms with Gasteiger partial charge in [-0.3, -0.25) is 9.59 Å². The maximum absolute atomic E-state index is 12.5. The van der Waals surface area contributed by atoms with Crippen molar-refractivity contribution < 1.29 is 14.7 Å². The number of aromatic hydroxyl groups is 1. The van der Waals surface area contributed by atoms with E-state index in [2.05, 4.69) is 28.8 Å². The van der Waals surface area contributed by atoms with Gasteiger partial charge in [-0.2, -0.15) is 0 Å². The molecular weight excluding hydrogens is 384 g/mol. The Morgan fingerprint density at radius 1 is 0.897 bits per heavy atom. The molecule has 2 amide bonds. The van der Waals surface area contributed by atoms with Crippen molar-refractivity contribution in [3.8, 4) is 16.2 Å². The SMILES string of the molecule is O=C(NCCCNC(=O)c1cc2c(s1)-c1ccccc1CC2)c1cccc(O)c1. The number of benzene rings is 2. The maximum atomic E-state index is 12.5. The standard InChI is InChI=1S/C23H22N2O3S/c26-18-7-3-6-17(13-18)22(27)24-11-4-12-25-23(28)20-14-16-10-9-15-5-1-2-8-19(15)21(16)29-20/h1-3,5-8,13-14,26H,4,9-12H2,(H,24,27)(H,25,28). The predicted molar refractivity (Wildman–Crippen MR) is 115 cm³/mol. The van der Waals surface area contributed by atoms with Gasteiger partial charge in [0.2, 0.25) is 0 Å². The maximum Gasteiger partial charge on any atom is 0.261 e. The van der Waals surface area contributed by atoms with Gasteiger partial charge in [-0.25, -0.2) is 0 Å². The van der Waals surface area contributed by atoms with Crippen molar-refractivity contribution in [1.82, 2.24) is 10.6 Å². The van der Waals surface area contributed by atoms with Crippen molar-refractivity contribution in [3.05, 3.63) is 76.2 Å². The summed E-state index contributed by atoms with van der Waals surface area (Å²) in [6, 6.07) is 16.6. The first kappa shape index (κ1) is 19.2. The number of nitrogens with one attached hydrogen (secondary N) is 2. The minimum absolute atomic E-state index is 0.0613. The van der Waals surface area contributed by atoms with Gasteiger partial charge >= 0.3 is 0 Å². The van der Waals surface area contributed by atoms with Crippen LogP contribution in [0.3, 0.4) is 0 Å². The summed E-state index contributed by atoms with van der Waals surface area (Å²) >= 11 is 1.55. The summed E-state index contributed by atoms with van der Waals surface area (Å²) < 4.78 is 0. The van der Waals surface area contributed by atoms with Crippen LogP contribution in [0.4, 0.5) is 0 Å². The van der Waals surface area contributed by atoms with Crippen LogP contribution in [-0.2, 0) is 12.8 Å². The topological polar surface area (TPSA) is 78.4 Å². The van der Waals surface area contributed by atoms with Crippen molar-refractivity contribution in [1.29, 1.82) is 0 Å². The highest BCUT2D eigenvalue weighted by atomic mass is 32.1. The Labute approximate surface area is 173 Å². The largest absolute Gasteiger partial charge is 0.508 e. The Balaban J connectivity index is 1.27. The molecule has 29 heavy (non-hydrogen) atoms. The summed E-state index contributed by atoms with van der Waals surface area (Å²) in [5.41, 5.74) is 4.25. The van der Waals surface area contributed by atoms with Gasteiger partial charge < -0.3 is 15.7 Å². The number of rotatable bonds is 6. The molecule has 3 N–H and O–H groups in total. The Morgan fingerprint density at radius 3 is 2.48 bits per heavy atom. The number of hydrogen-bond donors (Lipinski definition) is 3. The molecule has 0 unspecified atom stereocenters. The number of fused-ring (bicyclic) bond motifs is 3. The van der Waals surface area contributed by atoms with Crippen LogP contribution in [0.1, 0.15) is 37.6 Å². The Morgan fingerprint density at radius 2 is 1.66 bits per heavy atom. The molecule has 148 valence electrons. The molecule has 1 aromatic heterocycles. The molecule has 6 heteroatoms. The normalized spacial score (nSPS) is 12.0. The lowest BCUT2D eigenvalue weighted by Crippen LogP contribution is -2.29. The molecule has 0 saturated carbocycles. The number of thiophene rings is 1. The van der Waals surface area contributed by atoms with Crippen LogP contribution >= 0.6 is 11.3 Å². The highest BCUT2D eigenvalue weighted by molar-refractivity contribution is 7.17. The molecule has 1 heterocycles.